The summed E-state index contributed by atoms with van der Waals surface area (Å²) in [5.41, 5.74) is 1.67. The number of nitrogens with one attached hydrogen (secondary N) is 1. The largest absolute Gasteiger partial charge is 0.493 e. The highest BCUT2D eigenvalue weighted by molar-refractivity contribution is 7.14. The Balaban J connectivity index is 1.45. The zero-order valence-electron chi connectivity index (χ0n) is 16.1. The van der Waals surface area contributed by atoms with E-state index in [-0.39, 0.29) is 23.7 Å². The first-order valence-corrected chi connectivity index (χ1v) is 10.5. The summed E-state index contributed by atoms with van der Waals surface area (Å²) in [7, 11) is 3.19. The first-order chi connectivity index (χ1) is 13.6. The van der Waals surface area contributed by atoms with Crippen LogP contribution >= 0.6 is 11.3 Å². The van der Waals surface area contributed by atoms with Crippen molar-refractivity contribution in [1.29, 1.82) is 0 Å². The van der Waals surface area contributed by atoms with E-state index in [0.29, 0.717) is 35.3 Å². The maximum absolute atomic E-state index is 12.7. The molecule has 1 unspecified atom stereocenters. The summed E-state index contributed by atoms with van der Waals surface area (Å²) in [5, 5.41) is 5.45. The van der Waals surface area contributed by atoms with Crippen molar-refractivity contribution in [2.45, 2.75) is 32.1 Å². The number of ether oxygens (including phenoxy) is 2. The van der Waals surface area contributed by atoms with E-state index >= 15 is 0 Å². The van der Waals surface area contributed by atoms with E-state index in [1.807, 2.05) is 23.6 Å². The first kappa shape index (κ1) is 18.9. The number of ketones is 1. The molecule has 0 radical (unpaired) electrons. The topological polar surface area (TPSA) is 77.5 Å². The minimum absolute atomic E-state index is 0.0161. The number of rotatable bonds is 5. The number of anilines is 1. The summed E-state index contributed by atoms with van der Waals surface area (Å²) in [6.45, 7) is 0. The molecule has 0 saturated heterocycles. The van der Waals surface area contributed by atoms with Crippen molar-refractivity contribution < 1.29 is 19.1 Å². The van der Waals surface area contributed by atoms with Gasteiger partial charge in [0, 0.05) is 28.7 Å². The first-order valence-electron chi connectivity index (χ1n) is 9.61. The molecule has 1 aromatic heterocycles. The number of thiazole rings is 1. The van der Waals surface area contributed by atoms with Crippen LogP contribution in [0.4, 0.5) is 5.13 Å². The third-order valence-corrected chi connectivity index (χ3v) is 6.59. The Bertz CT molecular complexity index is 878. The maximum Gasteiger partial charge on any atom is 0.229 e. The SMILES string of the molecule is COc1ccc(-c2csc(NC(=O)C3C[C@H]4CCC[C@@H](C3)C4=O)n2)cc1OC. The smallest absolute Gasteiger partial charge is 0.229 e. The van der Waals surface area contributed by atoms with Gasteiger partial charge in [-0.1, -0.05) is 6.42 Å². The van der Waals surface area contributed by atoms with Crippen molar-refractivity contribution in [3.8, 4) is 22.8 Å². The molecule has 28 heavy (non-hydrogen) atoms. The summed E-state index contributed by atoms with van der Waals surface area (Å²) < 4.78 is 10.6. The molecule has 3 atom stereocenters. The molecule has 7 heteroatoms. The fourth-order valence-electron chi connectivity index (χ4n) is 4.36. The number of hydrogen-bond donors (Lipinski definition) is 1. The number of methoxy groups -OCH3 is 2. The molecule has 2 saturated carbocycles. The molecule has 0 aliphatic heterocycles. The van der Waals surface area contributed by atoms with Crippen molar-refractivity contribution in [3.05, 3.63) is 23.6 Å². The van der Waals surface area contributed by atoms with E-state index in [2.05, 4.69) is 10.3 Å². The molecule has 1 heterocycles. The molecule has 2 fully saturated rings. The highest BCUT2D eigenvalue weighted by atomic mass is 32.1. The standard InChI is InChI=1S/C21H24N2O4S/c1-26-17-7-6-12(10-18(17)27-2)16-11-28-21(22-16)23-20(25)15-8-13-4-3-5-14(9-15)19(13)24/h6-7,10-11,13-15H,3-5,8-9H2,1-2H3,(H,22,23,25)/t13-,14+,15?. The summed E-state index contributed by atoms with van der Waals surface area (Å²) in [6.07, 6.45) is 4.32. The number of fused-ring (bicyclic) bond motifs is 2. The van der Waals surface area contributed by atoms with E-state index in [9.17, 15) is 9.59 Å². The van der Waals surface area contributed by atoms with Crippen LogP contribution in [0.2, 0.25) is 0 Å². The van der Waals surface area contributed by atoms with E-state index in [1.54, 1.807) is 14.2 Å². The lowest BCUT2D eigenvalue weighted by molar-refractivity contribution is -0.136. The molecule has 0 spiro atoms. The Morgan fingerprint density at radius 3 is 2.54 bits per heavy atom. The molecule has 2 aliphatic carbocycles. The van der Waals surface area contributed by atoms with Gasteiger partial charge in [0.05, 0.1) is 19.9 Å². The number of Topliss-reactive ketones (excluding diaryl/α,β-unsaturated/α-hetero) is 1. The van der Waals surface area contributed by atoms with E-state index in [0.717, 1.165) is 30.5 Å². The number of carbonyl (C=O) groups excluding carboxylic acids is 2. The van der Waals surface area contributed by atoms with Crippen LogP contribution in [0.3, 0.4) is 0 Å². The molecule has 2 aromatic rings. The van der Waals surface area contributed by atoms with Gasteiger partial charge in [0.15, 0.2) is 16.6 Å². The number of nitrogens with zero attached hydrogens (tertiary/aromatic N) is 1. The Labute approximate surface area is 168 Å². The van der Waals surface area contributed by atoms with Crippen molar-refractivity contribution in [3.63, 3.8) is 0 Å². The highest BCUT2D eigenvalue weighted by Crippen LogP contribution is 2.40. The monoisotopic (exact) mass is 400 g/mol. The third-order valence-electron chi connectivity index (χ3n) is 5.83. The van der Waals surface area contributed by atoms with Crippen molar-refractivity contribution in [2.75, 3.05) is 19.5 Å². The normalized spacial score (nSPS) is 23.9. The van der Waals surface area contributed by atoms with E-state index in [1.165, 1.54) is 11.3 Å². The number of hydrogen-bond acceptors (Lipinski definition) is 6. The average Bonchev–Trinajstić information content (AvgIpc) is 3.15. The lowest BCUT2D eigenvalue weighted by atomic mass is 9.67. The summed E-state index contributed by atoms with van der Waals surface area (Å²) in [5.74, 6) is 1.70. The molecule has 6 nitrogen and oxygen atoms in total. The molecule has 1 amide bonds. The van der Waals surface area contributed by atoms with Crippen LogP contribution < -0.4 is 14.8 Å². The van der Waals surface area contributed by atoms with Gasteiger partial charge in [-0.05, 0) is 43.9 Å². The molecule has 1 aromatic carbocycles. The van der Waals surface area contributed by atoms with Crippen LogP contribution in [-0.2, 0) is 9.59 Å². The molecule has 2 bridgehead atoms. The zero-order valence-corrected chi connectivity index (χ0v) is 16.9. The van der Waals surface area contributed by atoms with Crippen LogP contribution in [0, 0.1) is 17.8 Å². The Hall–Kier alpha value is -2.41. The fourth-order valence-corrected chi connectivity index (χ4v) is 5.08. The van der Waals surface area contributed by atoms with E-state index in [4.69, 9.17) is 9.47 Å². The van der Waals surface area contributed by atoms with Crippen molar-refractivity contribution in [1.82, 2.24) is 4.98 Å². The summed E-state index contributed by atoms with van der Waals surface area (Å²) >= 11 is 1.40. The summed E-state index contributed by atoms with van der Waals surface area (Å²) in [4.78, 5) is 29.5. The molecular formula is C21H24N2O4S. The lowest BCUT2D eigenvalue weighted by Gasteiger charge is -2.36. The van der Waals surface area contributed by atoms with Crippen LogP contribution in [0.15, 0.2) is 23.6 Å². The zero-order chi connectivity index (χ0) is 19.7. The van der Waals surface area contributed by atoms with Gasteiger partial charge >= 0.3 is 0 Å². The van der Waals surface area contributed by atoms with Gasteiger partial charge in [0.2, 0.25) is 5.91 Å². The molecular weight excluding hydrogens is 376 g/mol. The number of benzene rings is 1. The number of aromatic nitrogens is 1. The predicted octanol–water partition coefficient (Wildman–Crippen LogP) is 4.16. The Kier molecular flexibility index (Phi) is 5.35. The van der Waals surface area contributed by atoms with Crippen molar-refractivity contribution in [2.24, 2.45) is 17.8 Å². The van der Waals surface area contributed by atoms with Crippen LogP contribution in [0.1, 0.15) is 32.1 Å². The van der Waals surface area contributed by atoms with Gasteiger partial charge < -0.3 is 14.8 Å². The highest BCUT2D eigenvalue weighted by Gasteiger charge is 2.41. The van der Waals surface area contributed by atoms with Gasteiger partial charge in [0.25, 0.3) is 0 Å². The molecule has 1 N–H and O–H groups in total. The average molecular weight is 401 g/mol. The van der Waals surface area contributed by atoms with E-state index < -0.39 is 0 Å². The second kappa shape index (κ2) is 7.91. The van der Waals surface area contributed by atoms with Gasteiger partial charge in [-0.2, -0.15) is 0 Å². The minimum atomic E-state index is -0.0959. The number of amides is 1. The molecule has 2 aliphatic rings. The van der Waals surface area contributed by atoms with Gasteiger partial charge in [-0.25, -0.2) is 4.98 Å². The summed E-state index contributed by atoms with van der Waals surface area (Å²) in [6, 6.07) is 5.62. The number of carbonyl (C=O) groups is 2. The fraction of sp³-hybridized carbons (Fsp3) is 0.476. The van der Waals surface area contributed by atoms with Crippen LogP contribution in [-0.4, -0.2) is 30.9 Å². The quantitative estimate of drug-likeness (QED) is 0.815. The third kappa shape index (κ3) is 3.63. The maximum atomic E-state index is 12.7. The van der Waals surface area contributed by atoms with Crippen LogP contribution in [0.5, 0.6) is 11.5 Å². The lowest BCUT2D eigenvalue weighted by Crippen LogP contribution is -2.40. The second-order valence-corrected chi connectivity index (χ2v) is 8.35. The van der Waals surface area contributed by atoms with Gasteiger partial charge in [-0.15, -0.1) is 11.3 Å². The second-order valence-electron chi connectivity index (χ2n) is 7.49. The molecule has 148 valence electrons. The van der Waals surface area contributed by atoms with Crippen molar-refractivity contribution >= 4 is 28.2 Å². The molecule has 4 rings (SSSR count). The Morgan fingerprint density at radius 2 is 1.86 bits per heavy atom. The predicted molar refractivity (Wildman–Crippen MR) is 108 cm³/mol. The van der Waals surface area contributed by atoms with Crippen LogP contribution in [0.25, 0.3) is 11.3 Å². The van der Waals surface area contributed by atoms with Gasteiger partial charge in [0.1, 0.15) is 5.78 Å². The minimum Gasteiger partial charge on any atom is -0.493 e. The van der Waals surface area contributed by atoms with Gasteiger partial charge in [-0.3, -0.25) is 9.59 Å². The Morgan fingerprint density at radius 1 is 1.14 bits per heavy atom.